The lowest BCUT2D eigenvalue weighted by Crippen LogP contribution is -3.12. The van der Waals surface area contributed by atoms with Crippen LogP contribution in [0.4, 0.5) is 0 Å². The molecule has 5 nitrogen and oxygen atoms in total. The lowest BCUT2D eigenvalue weighted by Gasteiger charge is -2.31. The molecule has 0 radical (unpaired) electrons. The number of fused-ring (bicyclic) bond motifs is 1. The number of nitrogens with zero attached hydrogens (tertiary/aromatic N) is 3. The van der Waals surface area contributed by atoms with Gasteiger partial charge in [0.2, 0.25) is 4.77 Å². The van der Waals surface area contributed by atoms with Crippen molar-refractivity contribution in [1.29, 1.82) is 0 Å². The Morgan fingerprint density at radius 2 is 2.11 bits per heavy atom. The van der Waals surface area contributed by atoms with Crippen molar-refractivity contribution in [2.24, 2.45) is 0 Å². The Kier molecular flexibility index (Phi) is 4.65. The topological polar surface area (TPSA) is 50.9 Å². The zero-order valence-corrected chi connectivity index (χ0v) is 17.2. The van der Waals surface area contributed by atoms with Crippen molar-refractivity contribution in [2.45, 2.75) is 32.0 Å². The lowest BCUT2D eigenvalue weighted by atomic mass is 10.0. The van der Waals surface area contributed by atoms with E-state index in [1.165, 1.54) is 33.9 Å². The van der Waals surface area contributed by atoms with E-state index in [-0.39, 0.29) is 0 Å². The number of H-pyrrole nitrogens is 1. The minimum atomic E-state index is 0.423. The fourth-order valence-corrected chi connectivity index (χ4v) is 5.82. The van der Waals surface area contributed by atoms with Crippen LogP contribution in [0.5, 0.6) is 0 Å². The average molecular weight is 415 g/mol. The van der Waals surface area contributed by atoms with Gasteiger partial charge in [-0.1, -0.05) is 18.2 Å². The van der Waals surface area contributed by atoms with E-state index in [0.29, 0.717) is 10.8 Å². The number of quaternary nitrogens is 1. The maximum Gasteiger partial charge on any atom is 0.221 e. The Morgan fingerprint density at radius 1 is 1.19 bits per heavy atom. The van der Waals surface area contributed by atoms with Gasteiger partial charge in [0.05, 0.1) is 21.6 Å². The molecule has 4 heterocycles. The van der Waals surface area contributed by atoms with Crippen LogP contribution in [0.1, 0.15) is 30.3 Å². The van der Waals surface area contributed by atoms with Gasteiger partial charge in [-0.3, -0.25) is 5.10 Å². The molecule has 0 aliphatic carbocycles. The summed E-state index contributed by atoms with van der Waals surface area (Å²) in [6.07, 6.45) is 3.68. The average Bonchev–Trinajstić information content (AvgIpc) is 3.42. The van der Waals surface area contributed by atoms with E-state index >= 15 is 0 Å². The van der Waals surface area contributed by atoms with E-state index in [1.807, 2.05) is 22.1 Å². The highest BCUT2D eigenvalue weighted by atomic mass is 32.1. The maximum atomic E-state index is 5.52. The summed E-state index contributed by atoms with van der Waals surface area (Å²) in [5.41, 5.74) is 1.11. The predicted octanol–water partition coefficient (Wildman–Crippen LogP) is 4.05. The van der Waals surface area contributed by atoms with Gasteiger partial charge in [0, 0.05) is 6.42 Å². The molecule has 1 aromatic carbocycles. The summed E-state index contributed by atoms with van der Waals surface area (Å²) in [5.74, 6) is 0.864. The largest absolute Gasteiger partial charge is 0.308 e. The van der Waals surface area contributed by atoms with Crippen LogP contribution < -0.4 is 4.90 Å². The summed E-state index contributed by atoms with van der Waals surface area (Å²) in [4.78, 5) is 12.1. The molecule has 0 saturated carbocycles. The number of nitrogens with one attached hydrogen (secondary N) is 2. The van der Waals surface area contributed by atoms with Crippen LogP contribution in [0.3, 0.4) is 0 Å². The van der Waals surface area contributed by atoms with Gasteiger partial charge >= 0.3 is 0 Å². The highest BCUT2D eigenvalue weighted by molar-refractivity contribution is 7.71. The fraction of sp³-hybridized carbons (Fsp3) is 0.316. The number of rotatable bonds is 4. The monoisotopic (exact) mass is 414 g/mol. The number of aromatic amines is 1. The molecule has 138 valence electrons. The Labute approximate surface area is 170 Å². The molecule has 0 bridgehead atoms. The molecule has 3 aromatic heterocycles. The van der Waals surface area contributed by atoms with E-state index in [1.54, 1.807) is 11.3 Å². The van der Waals surface area contributed by atoms with Crippen LogP contribution >= 0.6 is 34.9 Å². The van der Waals surface area contributed by atoms with E-state index in [4.69, 9.17) is 17.2 Å². The number of aromatic nitrogens is 4. The second-order valence-corrected chi connectivity index (χ2v) is 9.27. The molecular formula is C19H20N5S3+. The quantitative estimate of drug-likeness (QED) is 0.496. The standard InChI is InChI=1S/C19H19N5S3/c25-19-21-17(16-9-5-11-26-16)22-24(19)12-23-10-4-3-7-14(23)18-20-13-6-1-2-8-15(13)27-18/h1-2,5-6,8-9,11,14H,3-4,7,10,12H2,(H,21,22,25)/p+1/t14-/m1/s1. The molecule has 8 heteroatoms. The normalized spacial score (nSPS) is 20.3. The van der Waals surface area contributed by atoms with Gasteiger partial charge in [-0.2, -0.15) is 4.98 Å². The first-order valence-corrected chi connectivity index (χ1v) is 11.3. The SMILES string of the molecule is S=c1nc(-c2cccs2)[nH]n1C[NH+]1CCCC[C@@H]1c1nc2ccccc2s1. The van der Waals surface area contributed by atoms with Gasteiger partial charge in [0.25, 0.3) is 0 Å². The van der Waals surface area contributed by atoms with Crippen LogP contribution in [0.15, 0.2) is 41.8 Å². The smallest absolute Gasteiger partial charge is 0.221 e. The van der Waals surface area contributed by atoms with Gasteiger partial charge in [-0.25, -0.2) is 9.67 Å². The van der Waals surface area contributed by atoms with Crippen molar-refractivity contribution in [3.05, 3.63) is 51.6 Å². The molecule has 2 atom stereocenters. The molecule has 0 spiro atoms. The third-order valence-electron chi connectivity index (χ3n) is 5.14. The third kappa shape index (κ3) is 3.38. The number of hydrogen-bond donors (Lipinski definition) is 2. The summed E-state index contributed by atoms with van der Waals surface area (Å²) < 4.78 is 3.92. The summed E-state index contributed by atoms with van der Waals surface area (Å²) >= 11 is 9.03. The van der Waals surface area contributed by atoms with Crippen LogP contribution in [0.2, 0.25) is 0 Å². The minimum absolute atomic E-state index is 0.423. The van der Waals surface area contributed by atoms with Crippen LogP contribution in [0, 0.1) is 4.77 Å². The number of hydrogen-bond acceptors (Lipinski definition) is 5. The zero-order chi connectivity index (χ0) is 18.2. The first kappa shape index (κ1) is 17.2. The summed E-state index contributed by atoms with van der Waals surface area (Å²) in [6.45, 7) is 1.94. The Morgan fingerprint density at radius 3 is 2.96 bits per heavy atom. The highest BCUT2D eigenvalue weighted by Gasteiger charge is 2.31. The first-order chi connectivity index (χ1) is 13.3. The third-order valence-corrected chi connectivity index (χ3v) is 7.48. The van der Waals surface area contributed by atoms with Crippen LogP contribution in [0.25, 0.3) is 20.9 Å². The molecular weight excluding hydrogens is 394 g/mol. The van der Waals surface area contributed by atoms with Crippen molar-refractivity contribution >= 4 is 45.1 Å². The number of thiophene rings is 1. The molecule has 5 rings (SSSR count). The highest BCUT2D eigenvalue weighted by Crippen LogP contribution is 2.28. The van der Waals surface area contributed by atoms with Gasteiger partial charge in [0.15, 0.2) is 17.5 Å². The maximum absolute atomic E-state index is 5.52. The zero-order valence-electron chi connectivity index (χ0n) is 14.7. The lowest BCUT2D eigenvalue weighted by molar-refractivity contribution is -0.959. The molecule has 1 unspecified atom stereocenters. The van der Waals surface area contributed by atoms with E-state index < -0.39 is 0 Å². The van der Waals surface area contributed by atoms with Crippen molar-refractivity contribution < 1.29 is 4.90 Å². The van der Waals surface area contributed by atoms with Gasteiger partial charge in [0.1, 0.15) is 6.04 Å². The number of likely N-dealkylation sites (tertiary alicyclic amines) is 1. The van der Waals surface area contributed by atoms with Crippen molar-refractivity contribution in [2.75, 3.05) is 6.54 Å². The number of piperidine rings is 1. The molecule has 1 fully saturated rings. The van der Waals surface area contributed by atoms with Crippen molar-refractivity contribution in [3.8, 4) is 10.7 Å². The summed E-state index contributed by atoms with van der Waals surface area (Å²) in [6, 6.07) is 13.0. The predicted molar refractivity (Wildman–Crippen MR) is 113 cm³/mol. The summed E-state index contributed by atoms with van der Waals surface area (Å²) in [5, 5.41) is 6.71. The van der Waals surface area contributed by atoms with Gasteiger partial charge < -0.3 is 4.90 Å². The van der Waals surface area contributed by atoms with Crippen LogP contribution in [-0.2, 0) is 6.67 Å². The molecule has 2 N–H and O–H groups in total. The van der Waals surface area contributed by atoms with E-state index in [9.17, 15) is 0 Å². The van der Waals surface area contributed by atoms with Crippen molar-refractivity contribution in [1.82, 2.24) is 19.7 Å². The molecule has 1 saturated heterocycles. The van der Waals surface area contributed by atoms with Crippen LogP contribution in [-0.4, -0.2) is 26.3 Å². The minimum Gasteiger partial charge on any atom is -0.308 e. The first-order valence-electron chi connectivity index (χ1n) is 9.19. The number of benzene rings is 1. The molecule has 1 aliphatic rings. The Hall–Kier alpha value is -1.87. The second kappa shape index (κ2) is 7.27. The van der Waals surface area contributed by atoms with Gasteiger partial charge in [-0.05, 0) is 48.6 Å². The molecule has 27 heavy (non-hydrogen) atoms. The molecule has 0 amide bonds. The number of thiazole rings is 1. The number of para-hydroxylation sites is 1. The Bertz CT molecular complexity index is 1070. The van der Waals surface area contributed by atoms with Gasteiger partial charge in [-0.15, -0.1) is 22.7 Å². The van der Waals surface area contributed by atoms with E-state index in [0.717, 1.165) is 29.4 Å². The molecule has 1 aliphatic heterocycles. The van der Waals surface area contributed by atoms with Crippen molar-refractivity contribution in [3.63, 3.8) is 0 Å². The molecule has 4 aromatic rings. The Balaban J connectivity index is 1.43. The summed E-state index contributed by atoms with van der Waals surface area (Å²) in [7, 11) is 0. The van der Waals surface area contributed by atoms with E-state index in [2.05, 4.69) is 45.8 Å². The fourth-order valence-electron chi connectivity index (χ4n) is 3.80. The second-order valence-electron chi connectivity index (χ2n) is 6.89.